The minimum atomic E-state index is -0.591. The summed E-state index contributed by atoms with van der Waals surface area (Å²) in [5, 5.41) is 3.14. The smallest absolute Gasteiger partial charge is 0.238 e. The molecule has 14 heavy (non-hydrogen) atoms. The van der Waals surface area contributed by atoms with E-state index in [4.69, 9.17) is 5.73 Å². The third-order valence-corrected chi connectivity index (χ3v) is 3.49. The number of likely N-dealkylation sites (N-methyl/N-ethyl adjacent to an activating group) is 1. The molecule has 0 aromatic rings. The van der Waals surface area contributed by atoms with Gasteiger partial charge in [0.1, 0.15) is 5.54 Å². The largest absolute Gasteiger partial charge is 0.368 e. The number of thioether (sulfide) groups is 1. The highest BCUT2D eigenvalue weighted by Crippen LogP contribution is 2.26. The standard InChI is InChI=1S/C10H22N2OS/c1-6-12-10(5,8(11)13)7-14-9(2,3)4/h12H,6-7H2,1-5H3,(H2,11,13). The molecule has 1 unspecified atom stereocenters. The van der Waals surface area contributed by atoms with Gasteiger partial charge in [-0.3, -0.25) is 4.79 Å². The molecule has 0 heterocycles. The second-order valence-corrected chi connectivity index (χ2v) is 6.43. The van der Waals surface area contributed by atoms with Crippen molar-refractivity contribution in [3.8, 4) is 0 Å². The van der Waals surface area contributed by atoms with E-state index in [1.54, 1.807) is 11.8 Å². The van der Waals surface area contributed by atoms with Crippen molar-refractivity contribution in [3.05, 3.63) is 0 Å². The van der Waals surface area contributed by atoms with Gasteiger partial charge in [-0.2, -0.15) is 11.8 Å². The van der Waals surface area contributed by atoms with Crippen LogP contribution < -0.4 is 11.1 Å². The maximum absolute atomic E-state index is 11.3. The Bertz CT molecular complexity index is 201. The first kappa shape index (κ1) is 13.8. The van der Waals surface area contributed by atoms with E-state index in [2.05, 4.69) is 26.1 Å². The van der Waals surface area contributed by atoms with Crippen molar-refractivity contribution < 1.29 is 4.79 Å². The molecule has 0 saturated carbocycles. The van der Waals surface area contributed by atoms with Crippen LogP contribution in [0, 0.1) is 0 Å². The molecule has 0 fully saturated rings. The van der Waals surface area contributed by atoms with Crippen LogP contribution in [0.15, 0.2) is 0 Å². The Balaban J connectivity index is 4.31. The summed E-state index contributed by atoms with van der Waals surface area (Å²) >= 11 is 1.75. The van der Waals surface area contributed by atoms with E-state index in [9.17, 15) is 4.79 Å². The number of hydrogen-bond donors (Lipinski definition) is 2. The average Bonchev–Trinajstić information content (AvgIpc) is 2.00. The molecule has 1 amide bonds. The van der Waals surface area contributed by atoms with Crippen molar-refractivity contribution in [3.63, 3.8) is 0 Å². The Kier molecular flexibility index (Phi) is 4.95. The van der Waals surface area contributed by atoms with Gasteiger partial charge in [-0.1, -0.05) is 27.7 Å². The van der Waals surface area contributed by atoms with Crippen molar-refractivity contribution in [1.82, 2.24) is 5.32 Å². The molecule has 0 aliphatic carbocycles. The highest BCUT2D eigenvalue weighted by atomic mass is 32.2. The molecule has 0 bridgehead atoms. The van der Waals surface area contributed by atoms with Crippen molar-refractivity contribution in [2.45, 2.75) is 44.9 Å². The predicted octanol–water partition coefficient (Wildman–Crippen LogP) is 1.37. The number of nitrogens with two attached hydrogens (primary N) is 1. The van der Waals surface area contributed by atoms with Gasteiger partial charge in [0.25, 0.3) is 0 Å². The van der Waals surface area contributed by atoms with Crippen molar-refractivity contribution in [2.75, 3.05) is 12.3 Å². The van der Waals surface area contributed by atoms with E-state index in [1.807, 2.05) is 13.8 Å². The zero-order valence-electron chi connectivity index (χ0n) is 9.81. The molecule has 0 rings (SSSR count). The quantitative estimate of drug-likeness (QED) is 0.733. The van der Waals surface area contributed by atoms with Crippen LogP contribution in [0.5, 0.6) is 0 Å². The summed E-state index contributed by atoms with van der Waals surface area (Å²) in [5.41, 5.74) is 4.78. The van der Waals surface area contributed by atoms with Crippen LogP contribution in [0.4, 0.5) is 0 Å². The Hall–Kier alpha value is -0.220. The monoisotopic (exact) mass is 218 g/mol. The van der Waals surface area contributed by atoms with Gasteiger partial charge in [0, 0.05) is 10.5 Å². The zero-order chi connectivity index (χ0) is 11.4. The fourth-order valence-electron chi connectivity index (χ4n) is 0.960. The molecule has 0 aromatic heterocycles. The average molecular weight is 218 g/mol. The molecule has 0 saturated heterocycles. The lowest BCUT2D eigenvalue weighted by Crippen LogP contribution is -2.55. The number of rotatable bonds is 5. The molecular weight excluding hydrogens is 196 g/mol. The van der Waals surface area contributed by atoms with E-state index in [1.165, 1.54) is 0 Å². The highest BCUT2D eigenvalue weighted by Gasteiger charge is 2.31. The summed E-state index contributed by atoms with van der Waals surface area (Å²) in [6, 6.07) is 0. The van der Waals surface area contributed by atoms with Gasteiger partial charge in [-0.15, -0.1) is 0 Å². The van der Waals surface area contributed by atoms with Gasteiger partial charge in [0.15, 0.2) is 0 Å². The highest BCUT2D eigenvalue weighted by molar-refractivity contribution is 8.00. The summed E-state index contributed by atoms with van der Waals surface area (Å²) in [6.45, 7) is 11.0. The molecular formula is C10H22N2OS. The summed E-state index contributed by atoms with van der Waals surface area (Å²) in [6.07, 6.45) is 0. The number of amides is 1. The summed E-state index contributed by atoms with van der Waals surface area (Å²) in [7, 11) is 0. The fraction of sp³-hybridized carbons (Fsp3) is 0.900. The van der Waals surface area contributed by atoms with Crippen LogP contribution >= 0.6 is 11.8 Å². The number of carbonyl (C=O) groups is 1. The normalized spacial score (nSPS) is 16.4. The van der Waals surface area contributed by atoms with E-state index in [0.717, 1.165) is 6.54 Å². The van der Waals surface area contributed by atoms with Gasteiger partial charge < -0.3 is 11.1 Å². The van der Waals surface area contributed by atoms with E-state index >= 15 is 0 Å². The molecule has 0 aliphatic rings. The van der Waals surface area contributed by atoms with Crippen LogP contribution in [-0.4, -0.2) is 28.5 Å². The molecule has 84 valence electrons. The number of primary amides is 1. The SMILES string of the molecule is CCNC(C)(CSC(C)(C)C)C(N)=O. The zero-order valence-corrected chi connectivity index (χ0v) is 10.6. The van der Waals surface area contributed by atoms with Crippen LogP contribution in [-0.2, 0) is 4.79 Å². The second-order valence-electron chi connectivity index (χ2n) is 4.63. The molecule has 3 nitrogen and oxygen atoms in total. The maximum Gasteiger partial charge on any atom is 0.238 e. The molecule has 0 spiro atoms. The third kappa shape index (κ3) is 4.86. The number of carbonyl (C=O) groups excluding carboxylic acids is 1. The first-order valence-corrected chi connectivity index (χ1v) is 5.89. The molecule has 0 radical (unpaired) electrons. The summed E-state index contributed by atoms with van der Waals surface area (Å²) < 4.78 is 0.159. The van der Waals surface area contributed by atoms with Crippen LogP contribution in [0.3, 0.4) is 0 Å². The lowest BCUT2D eigenvalue weighted by Gasteiger charge is -2.30. The Morgan fingerprint density at radius 2 is 1.86 bits per heavy atom. The van der Waals surface area contributed by atoms with E-state index < -0.39 is 5.54 Å². The van der Waals surface area contributed by atoms with Crippen molar-refractivity contribution >= 4 is 17.7 Å². The molecule has 1 atom stereocenters. The summed E-state index contributed by atoms with van der Waals surface area (Å²) in [4.78, 5) is 11.3. The topological polar surface area (TPSA) is 55.1 Å². The third-order valence-electron chi connectivity index (χ3n) is 1.90. The first-order valence-electron chi connectivity index (χ1n) is 4.90. The summed E-state index contributed by atoms with van der Waals surface area (Å²) in [5.74, 6) is 0.427. The van der Waals surface area contributed by atoms with Crippen molar-refractivity contribution in [2.24, 2.45) is 5.73 Å². The first-order chi connectivity index (χ1) is 6.21. The van der Waals surface area contributed by atoms with Gasteiger partial charge in [0.2, 0.25) is 5.91 Å². The van der Waals surface area contributed by atoms with Gasteiger partial charge in [0.05, 0.1) is 0 Å². The Labute approximate surface area is 91.2 Å². The van der Waals surface area contributed by atoms with Crippen LogP contribution in [0.1, 0.15) is 34.6 Å². The Morgan fingerprint density at radius 3 is 2.14 bits per heavy atom. The number of nitrogens with one attached hydrogen (secondary N) is 1. The van der Waals surface area contributed by atoms with Crippen LogP contribution in [0.25, 0.3) is 0 Å². The van der Waals surface area contributed by atoms with E-state index in [-0.39, 0.29) is 10.7 Å². The molecule has 0 aromatic carbocycles. The number of hydrogen-bond acceptors (Lipinski definition) is 3. The Morgan fingerprint density at radius 1 is 1.36 bits per heavy atom. The lowest BCUT2D eigenvalue weighted by molar-refractivity contribution is -0.122. The van der Waals surface area contributed by atoms with Gasteiger partial charge in [-0.25, -0.2) is 0 Å². The van der Waals surface area contributed by atoms with Crippen LogP contribution in [0.2, 0.25) is 0 Å². The van der Waals surface area contributed by atoms with Gasteiger partial charge in [-0.05, 0) is 13.5 Å². The molecule has 4 heteroatoms. The predicted molar refractivity (Wildman–Crippen MR) is 63.5 cm³/mol. The lowest BCUT2D eigenvalue weighted by atomic mass is 10.1. The molecule has 3 N–H and O–H groups in total. The minimum Gasteiger partial charge on any atom is -0.368 e. The minimum absolute atomic E-state index is 0.159. The maximum atomic E-state index is 11.3. The molecule has 0 aliphatic heterocycles. The van der Waals surface area contributed by atoms with Gasteiger partial charge >= 0.3 is 0 Å². The fourth-order valence-corrected chi connectivity index (χ4v) is 1.93. The van der Waals surface area contributed by atoms with Crippen molar-refractivity contribution in [1.29, 1.82) is 0 Å². The second kappa shape index (κ2) is 5.03. The van der Waals surface area contributed by atoms with E-state index in [0.29, 0.717) is 5.75 Å².